The summed E-state index contributed by atoms with van der Waals surface area (Å²) in [5.74, 6) is 0. The zero-order valence-electron chi connectivity index (χ0n) is 6.52. The Morgan fingerprint density at radius 2 is 1.75 bits per heavy atom. The van der Waals surface area contributed by atoms with Gasteiger partial charge in [-0.2, -0.15) is 0 Å². The molecule has 0 spiro atoms. The molecule has 0 aromatic heterocycles. The largest absolute Gasteiger partial charge is 0.237 e. The fraction of sp³-hybridized carbons (Fsp3) is 0.333. The molecular weight excluding hydrogens is 284 g/mol. The number of hydrogen-bond donors (Lipinski definition) is 0. The van der Waals surface area contributed by atoms with Crippen LogP contribution in [0.2, 0.25) is 0 Å². The Morgan fingerprint density at radius 3 is 2.25 bits per heavy atom. The molecule has 0 aliphatic heterocycles. The van der Waals surface area contributed by atoms with Gasteiger partial charge in [-0.1, -0.05) is 37.9 Å². The number of hydrogen-bond acceptors (Lipinski definition) is 0. The third kappa shape index (κ3) is 2.57. The van der Waals surface area contributed by atoms with Crippen molar-refractivity contribution in [3.63, 3.8) is 0 Å². The minimum atomic E-state index is -0.00618. The molecule has 0 N–H and O–H groups in total. The second kappa shape index (κ2) is 5.00. The first-order chi connectivity index (χ1) is 5.75. The van der Waals surface area contributed by atoms with E-state index < -0.39 is 0 Å². The topological polar surface area (TPSA) is 19.9 Å². The zero-order chi connectivity index (χ0) is 8.97. The molecule has 12 heavy (non-hydrogen) atoms. The molecule has 0 bridgehead atoms. The summed E-state index contributed by atoms with van der Waals surface area (Å²) >= 11 is 6.89. The predicted molar refractivity (Wildman–Crippen MR) is 55.7 cm³/mol. The highest BCUT2D eigenvalue weighted by molar-refractivity contribution is 9.11. The fourth-order valence-corrected chi connectivity index (χ4v) is 2.42. The lowest BCUT2D eigenvalue weighted by atomic mass is 10.1. The van der Waals surface area contributed by atoms with Crippen LogP contribution in [0.1, 0.15) is 12.0 Å². The van der Waals surface area contributed by atoms with Crippen molar-refractivity contribution in [3.8, 4) is 0 Å². The summed E-state index contributed by atoms with van der Waals surface area (Å²) in [6.07, 6.45) is 1.53. The molecule has 1 aromatic carbocycles. The van der Waals surface area contributed by atoms with Gasteiger partial charge in [0, 0.05) is 8.95 Å². The predicted octanol–water partition coefficient (Wildman–Crippen LogP) is 3.57. The summed E-state index contributed by atoms with van der Waals surface area (Å²) in [6.45, 7) is -0.00618. The van der Waals surface area contributed by atoms with Gasteiger partial charge in [0.1, 0.15) is 0 Å². The standard InChI is InChI=1S/C9H9Br2O/c10-8-4-1-5-9(11)7(8)3-2-6-12/h1,4-5H,2-3,6H2. The highest BCUT2D eigenvalue weighted by atomic mass is 79.9. The Bertz CT molecular complexity index is 240. The second-order valence-electron chi connectivity index (χ2n) is 2.51. The van der Waals surface area contributed by atoms with Crippen LogP contribution in [0.5, 0.6) is 0 Å². The Labute approximate surface area is 89.1 Å². The van der Waals surface area contributed by atoms with Gasteiger partial charge in [0.05, 0.1) is 6.61 Å². The summed E-state index contributed by atoms with van der Waals surface area (Å²) in [6, 6.07) is 5.95. The van der Waals surface area contributed by atoms with Crippen LogP contribution >= 0.6 is 31.9 Å². The zero-order valence-corrected chi connectivity index (χ0v) is 9.69. The van der Waals surface area contributed by atoms with E-state index in [4.69, 9.17) is 0 Å². The van der Waals surface area contributed by atoms with Gasteiger partial charge in [0.25, 0.3) is 0 Å². The molecule has 0 saturated heterocycles. The number of rotatable bonds is 3. The van der Waals surface area contributed by atoms with E-state index in [1.54, 1.807) is 0 Å². The van der Waals surface area contributed by atoms with E-state index in [0.29, 0.717) is 6.42 Å². The normalized spacial score (nSPS) is 10.2. The van der Waals surface area contributed by atoms with Gasteiger partial charge in [-0.15, -0.1) is 0 Å². The highest BCUT2D eigenvalue weighted by Gasteiger charge is 2.03. The van der Waals surface area contributed by atoms with Gasteiger partial charge < -0.3 is 0 Å². The van der Waals surface area contributed by atoms with Crippen molar-refractivity contribution in [1.29, 1.82) is 0 Å². The van der Waals surface area contributed by atoms with Crippen LogP contribution in [-0.4, -0.2) is 6.61 Å². The third-order valence-electron chi connectivity index (χ3n) is 1.63. The Hall–Kier alpha value is 0.140. The van der Waals surface area contributed by atoms with Crippen LogP contribution in [0.3, 0.4) is 0 Å². The molecule has 0 aliphatic carbocycles. The summed E-state index contributed by atoms with van der Waals surface area (Å²) in [4.78, 5) is 0. The molecule has 0 aliphatic rings. The van der Waals surface area contributed by atoms with Gasteiger partial charge in [-0.3, -0.25) is 0 Å². The lowest BCUT2D eigenvalue weighted by Gasteiger charge is -2.04. The average molecular weight is 293 g/mol. The lowest BCUT2D eigenvalue weighted by molar-refractivity contribution is 0.189. The molecule has 1 rings (SSSR count). The minimum absolute atomic E-state index is 0.00618. The van der Waals surface area contributed by atoms with Crippen LogP contribution < -0.4 is 0 Å². The first-order valence-corrected chi connectivity index (χ1v) is 5.35. The monoisotopic (exact) mass is 291 g/mol. The van der Waals surface area contributed by atoms with Crippen molar-refractivity contribution in [2.75, 3.05) is 6.61 Å². The van der Waals surface area contributed by atoms with E-state index in [0.717, 1.165) is 15.4 Å². The molecule has 1 aromatic rings. The van der Waals surface area contributed by atoms with E-state index in [1.807, 2.05) is 18.2 Å². The first kappa shape index (κ1) is 10.2. The maximum Gasteiger partial charge on any atom is 0.0825 e. The summed E-state index contributed by atoms with van der Waals surface area (Å²) in [5, 5.41) is 10.3. The number of halogens is 2. The lowest BCUT2D eigenvalue weighted by Crippen LogP contribution is -1.91. The average Bonchev–Trinajstić information content (AvgIpc) is 2.04. The van der Waals surface area contributed by atoms with Crippen molar-refractivity contribution in [1.82, 2.24) is 0 Å². The maximum absolute atomic E-state index is 10.3. The Balaban J connectivity index is 2.81. The Kier molecular flexibility index (Phi) is 4.26. The van der Waals surface area contributed by atoms with Crippen LogP contribution in [0.15, 0.2) is 27.1 Å². The molecule has 0 unspecified atom stereocenters. The van der Waals surface area contributed by atoms with E-state index in [1.165, 1.54) is 5.56 Å². The van der Waals surface area contributed by atoms with E-state index in [9.17, 15) is 5.11 Å². The van der Waals surface area contributed by atoms with E-state index >= 15 is 0 Å². The number of benzene rings is 1. The van der Waals surface area contributed by atoms with Crippen LogP contribution in [0.4, 0.5) is 0 Å². The molecule has 0 saturated carbocycles. The molecule has 1 nitrogen and oxygen atoms in total. The summed E-state index contributed by atoms with van der Waals surface area (Å²) in [5.41, 5.74) is 1.19. The fourth-order valence-electron chi connectivity index (χ4n) is 1.02. The van der Waals surface area contributed by atoms with Crippen LogP contribution in [0, 0.1) is 0 Å². The van der Waals surface area contributed by atoms with Crippen LogP contribution in [0.25, 0.3) is 0 Å². The summed E-state index contributed by atoms with van der Waals surface area (Å²) < 4.78 is 2.15. The smallest absolute Gasteiger partial charge is 0.0825 e. The third-order valence-corrected chi connectivity index (χ3v) is 3.12. The van der Waals surface area contributed by atoms with Crippen molar-refractivity contribution in [3.05, 3.63) is 32.7 Å². The quantitative estimate of drug-likeness (QED) is 0.812. The summed E-state index contributed by atoms with van der Waals surface area (Å²) in [7, 11) is 0. The molecule has 1 radical (unpaired) electrons. The molecule has 0 amide bonds. The van der Waals surface area contributed by atoms with Gasteiger partial charge in [-0.25, -0.2) is 5.11 Å². The van der Waals surface area contributed by atoms with E-state index in [-0.39, 0.29) is 6.61 Å². The van der Waals surface area contributed by atoms with Crippen LogP contribution in [-0.2, 0) is 11.5 Å². The molecule has 65 valence electrons. The van der Waals surface area contributed by atoms with Gasteiger partial charge >= 0.3 is 0 Å². The SMILES string of the molecule is [O]CCCc1c(Br)cccc1Br. The van der Waals surface area contributed by atoms with Gasteiger partial charge in [0.2, 0.25) is 0 Å². The minimum Gasteiger partial charge on any atom is -0.237 e. The van der Waals surface area contributed by atoms with Gasteiger partial charge in [-0.05, 0) is 30.5 Å². The van der Waals surface area contributed by atoms with Gasteiger partial charge in [0.15, 0.2) is 0 Å². The van der Waals surface area contributed by atoms with E-state index in [2.05, 4.69) is 31.9 Å². The first-order valence-electron chi connectivity index (χ1n) is 3.76. The molecule has 0 heterocycles. The van der Waals surface area contributed by atoms with Crippen molar-refractivity contribution in [2.45, 2.75) is 12.8 Å². The van der Waals surface area contributed by atoms with Crippen molar-refractivity contribution in [2.24, 2.45) is 0 Å². The molecule has 0 atom stereocenters. The highest BCUT2D eigenvalue weighted by Crippen LogP contribution is 2.26. The Morgan fingerprint density at radius 1 is 1.17 bits per heavy atom. The van der Waals surface area contributed by atoms with Crippen molar-refractivity contribution < 1.29 is 5.11 Å². The molecular formula is C9H9Br2O. The molecule has 3 heteroatoms. The molecule has 0 fully saturated rings. The van der Waals surface area contributed by atoms with Crippen molar-refractivity contribution >= 4 is 31.9 Å². The second-order valence-corrected chi connectivity index (χ2v) is 4.22. The maximum atomic E-state index is 10.3.